The molecular weight excluding hydrogens is 428 g/mol. The molecular formula is C28H30N2S2. The highest BCUT2D eigenvalue weighted by atomic mass is 32.1. The normalized spacial score (nSPS) is 27.7. The highest BCUT2D eigenvalue weighted by Gasteiger charge is 2.46. The third-order valence-corrected chi connectivity index (χ3v) is 8.77. The van der Waals surface area contributed by atoms with Gasteiger partial charge in [-0.05, 0) is 23.3 Å². The van der Waals surface area contributed by atoms with E-state index in [2.05, 4.69) is 112 Å². The summed E-state index contributed by atoms with van der Waals surface area (Å²) in [5, 5.41) is 0. The summed E-state index contributed by atoms with van der Waals surface area (Å²) in [5.74, 6) is 0.148. The number of benzene rings is 2. The van der Waals surface area contributed by atoms with Crippen molar-refractivity contribution in [2.45, 2.75) is 38.5 Å². The van der Waals surface area contributed by atoms with Gasteiger partial charge in [-0.15, -0.1) is 0 Å². The van der Waals surface area contributed by atoms with Gasteiger partial charge in [0.15, 0.2) is 0 Å². The van der Waals surface area contributed by atoms with Gasteiger partial charge in [0.05, 0.1) is 0 Å². The van der Waals surface area contributed by atoms with Crippen LogP contribution in [0.4, 0.5) is 11.4 Å². The van der Waals surface area contributed by atoms with E-state index in [4.69, 9.17) is 24.4 Å². The fourth-order valence-electron chi connectivity index (χ4n) is 5.82. The summed E-state index contributed by atoms with van der Waals surface area (Å²) in [6, 6.07) is 17.3. The Morgan fingerprint density at radius 3 is 1.34 bits per heavy atom. The van der Waals surface area contributed by atoms with Gasteiger partial charge in [0.2, 0.25) is 0 Å². The molecule has 2 aliphatic heterocycles. The summed E-state index contributed by atoms with van der Waals surface area (Å²) in [5.41, 5.74) is 7.70. The van der Waals surface area contributed by atoms with Crippen LogP contribution in [0.5, 0.6) is 0 Å². The molecule has 2 nitrogen and oxygen atoms in total. The molecule has 4 heteroatoms. The molecule has 2 aromatic rings. The Kier molecular flexibility index (Phi) is 4.78. The molecule has 0 saturated heterocycles. The lowest BCUT2D eigenvalue weighted by atomic mass is 9.70. The molecule has 2 aromatic carbocycles. The van der Waals surface area contributed by atoms with Gasteiger partial charge in [-0.1, -0.05) is 101 Å². The largest absolute Gasteiger partial charge is 0.347 e. The predicted octanol–water partition coefficient (Wildman–Crippen LogP) is 6.60. The highest BCUT2D eigenvalue weighted by molar-refractivity contribution is 7.84. The second-order valence-corrected chi connectivity index (χ2v) is 11.2. The molecule has 3 aliphatic rings. The number of nitrogens with zero attached hydrogens (tertiary/aromatic N) is 2. The van der Waals surface area contributed by atoms with Crippen LogP contribution in [0.2, 0.25) is 0 Å². The Morgan fingerprint density at radius 1 is 0.656 bits per heavy atom. The molecule has 0 amide bonds. The van der Waals surface area contributed by atoms with E-state index in [-0.39, 0.29) is 22.7 Å². The van der Waals surface area contributed by atoms with Gasteiger partial charge in [-0.2, -0.15) is 0 Å². The number of para-hydroxylation sites is 2. The van der Waals surface area contributed by atoms with Crippen LogP contribution >= 0.6 is 24.4 Å². The van der Waals surface area contributed by atoms with Crippen LogP contribution in [0.1, 0.15) is 38.8 Å². The Labute approximate surface area is 202 Å². The maximum atomic E-state index is 5.96. The summed E-state index contributed by atoms with van der Waals surface area (Å²) < 4.78 is 0. The van der Waals surface area contributed by atoms with E-state index in [9.17, 15) is 0 Å². The van der Waals surface area contributed by atoms with E-state index in [0.717, 1.165) is 9.73 Å². The molecule has 0 radical (unpaired) electrons. The minimum Gasteiger partial charge on any atom is -0.347 e. The molecule has 32 heavy (non-hydrogen) atoms. The molecule has 164 valence electrons. The van der Waals surface area contributed by atoms with Crippen LogP contribution in [0.15, 0.2) is 72.1 Å². The Morgan fingerprint density at radius 2 is 1.00 bits per heavy atom. The maximum Gasteiger partial charge on any atom is 0.0447 e. The van der Waals surface area contributed by atoms with Crippen LogP contribution < -0.4 is 9.80 Å². The number of hydrogen-bond acceptors (Lipinski definition) is 4. The van der Waals surface area contributed by atoms with Crippen molar-refractivity contribution >= 4 is 45.5 Å². The number of fused-ring (bicyclic) bond motifs is 2. The second kappa shape index (κ2) is 7.10. The van der Waals surface area contributed by atoms with E-state index in [1.165, 1.54) is 33.9 Å². The fraction of sp³-hybridized carbons (Fsp3) is 0.357. The third kappa shape index (κ3) is 2.82. The molecule has 5 rings (SSSR count). The van der Waals surface area contributed by atoms with Gasteiger partial charge in [0.25, 0.3) is 0 Å². The number of hydrogen-bond donors (Lipinski definition) is 0. The van der Waals surface area contributed by atoms with Crippen molar-refractivity contribution < 1.29 is 0 Å². The average molecular weight is 459 g/mol. The molecule has 0 bridgehead atoms. The van der Waals surface area contributed by atoms with Crippen LogP contribution in [-0.2, 0) is 10.8 Å². The van der Waals surface area contributed by atoms with Gasteiger partial charge < -0.3 is 9.80 Å². The standard InChI is InChI=1S/C28H30N2S2/c1-27(2)19-11-7-9-13-21(19)29(5)23(27)15-17-25(31)18(26(17)32)16-24-28(3,4)20-12-8-10-14-22(20)30(24)6/h7-18H,1-6H3/b23-15+,24-16+. The first-order valence-electron chi connectivity index (χ1n) is 11.3. The number of rotatable bonds is 2. The van der Waals surface area contributed by atoms with E-state index in [1.807, 2.05) is 0 Å². The van der Waals surface area contributed by atoms with Crippen molar-refractivity contribution in [3.05, 3.63) is 83.2 Å². The number of thiocarbonyl (C=S) groups is 2. The SMILES string of the molecule is CN1/C(=C/C2C(=S)C(/C=C3/N(C)c4ccccc4C3(C)C)C2=S)C(C)(C)c2ccccc21. The summed E-state index contributed by atoms with van der Waals surface area (Å²) in [4.78, 5) is 6.68. The van der Waals surface area contributed by atoms with Crippen molar-refractivity contribution in [3.63, 3.8) is 0 Å². The smallest absolute Gasteiger partial charge is 0.0447 e. The molecule has 1 fully saturated rings. The van der Waals surface area contributed by atoms with Crippen LogP contribution in [0, 0.1) is 11.8 Å². The minimum absolute atomic E-state index is 0.0601. The van der Waals surface area contributed by atoms with Crippen molar-refractivity contribution in [3.8, 4) is 0 Å². The Balaban J connectivity index is 1.45. The lowest BCUT2D eigenvalue weighted by Gasteiger charge is -2.38. The molecule has 1 saturated carbocycles. The van der Waals surface area contributed by atoms with Crippen molar-refractivity contribution in [1.29, 1.82) is 0 Å². The van der Waals surface area contributed by atoms with Crippen LogP contribution in [-0.4, -0.2) is 23.8 Å². The Hall–Kier alpha value is -2.30. The quantitative estimate of drug-likeness (QED) is 0.468. The van der Waals surface area contributed by atoms with Gasteiger partial charge >= 0.3 is 0 Å². The highest BCUT2D eigenvalue weighted by Crippen LogP contribution is 2.50. The number of allylic oxidation sites excluding steroid dienone is 4. The van der Waals surface area contributed by atoms with Gasteiger partial charge in [-0.3, -0.25) is 0 Å². The predicted molar refractivity (Wildman–Crippen MR) is 144 cm³/mol. The third-order valence-electron chi connectivity index (χ3n) is 7.76. The lowest BCUT2D eigenvalue weighted by molar-refractivity contribution is 0.630. The Bertz CT molecular complexity index is 1110. The summed E-state index contributed by atoms with van der Waals surface area (Å²) >= 11 is 11.9. The minimum atomic E-state index is -0.0601. The number of anilines is 2. The zero-order valence-corrected chi connectivity index (χ0v) is 21.3. The summed E-state index contributed by atoms with van der Waals surface area (Å²) in [7, 11) is 4.30. The van der Waals surface area contributed by atoms with Gasteiger partial charge in [0, 0.05) is 69.3 Å². The fourth-order valence-corrected chi connectivity index (χ4v) is 6.75. The van der Waals surface area contributed by atoms with Crippen LogP contribution in [0.25, 0.3) is 0 Å². The van der Waals surface area contributed by atoms with Crippen molar-refractivity contribution in [2.24, 2.45) is 11.8 Å². The van der Waals surface area contributed by atoms with Gasteiger partial charge in [-0.25, -0.2) is 0 Å². The van der Waals surface area contributed by atoms with Gasteiger partial charge in [0.1, 0.15) is 0 Å². The summed E-state index contributed by atoms with van der Waals surface area (Å²) in [6.07, 6.45) is 4.63. The molecule has 0 spiro atoms. The first kappa shape index (κ1) is 21.5. The molecule has 0 aromatic heterocycles. The zero-order valence-electron chi connectivity index (χ0n) is 19.6. The number of likely N-dealkylation sites (N-methyl/N-ethyl adjacent to an activating group) is 2. The first-order chi connectivity index (χ1) is 15.1. The zero-order chi connectivity index (χ0) is 23.0. The molecule has 0 unspecified atom stereocenters. The lowest BCUT2D eigenvalue weighted by Crippen LogP contribution is -2.45. The molecule has 1 aliphatic carbocycles. The van der Waals surface area contributed by atoms with Crippen molar-refractivity contribution in [1.82, 2.24) is 0 Å². The monoisotopic (exact) mass is 458 g/mol. The molecule has 0 atom stereocenters. The maximum absolute atomic E-state index is 5.96. The van der Waals surface area contributed by atoms with E-state index in [0.29, 0.717) is 0 Å². The molecule has 2 heterocycles. The first-order valence-corrected chi connectivity index (χ1v) is 12.1. The van der Waals surface area contributed by atoms with E-state index in [1.54, 1.807) is 0 Å². The average Bonchev–Trinajstić information content (AvgIpc) is 3.09. The second-order valence-electron chi connectivity index (χ2n) is 10.3. The van der Waals surface area contributed by atoms with Crippen molar-refractivity contribution in [2.75, 3.05) is 23.9 Å². The summed E-state index contributed by atoms with van der Waals surface area (Å²) in [6.45, 7) is 9.16. The molecule has 0 N–H and O–H groups in total. The van der Waals surface area contributed by atoms with E-state index < -0.39 is 0 Å². The van der Waals surface area contributed by atoms with E-state index >= 15 is 0 Å². The topological polar surface area (TPSA) is 6.48 Å². The van der Waals surface area contributed by atoms with Crippen LogP contribution in [0.3, 0.4) is 0 Å².